The summed E-state index contributed by atoms with van der Waals surface area (Å²) >= 11 is 0. The lowest BCUT2D eigenvalue weighted by Crippen LogP contribution is -2.34. The number of hydrogen-bond donors (Lipinski definition) is 1. The lowest BCUT2D eigenvalue weighted by molar-refractivity contribution is -0.140. The highest BCUT2D eigenvalue weighted by Crippen LogP contribution is 2.40. The van der Waals surface area contributed by atoms with Crippen LogP contribution in [0, 0.1) is 6.92 Å². The third-order valence-electron chi connectivity index (χ3n) is 5.24. The first-order chi connectivity index (χ1) is 15.1. The average Bonchev–Trinajstić information content (AvgIpc) is 2.73. The highest BCUT2D eigenvalue weighted by Gasteiger charge is 2.35. The van der Waals surface area contributed by atoms with Crippen molar-refractivity contribution in [3.05, 3.63) is 88.4 Å². The maximum absolute atomic E-state index is 13.3. The fourth-order valence-electron chi connectivity index (χ4n) is 3.64. The number of allylic oxidation sites excluding steroid dienone is 2. The van der Waals surface area contributed by atoms with Gasteiger partial charge in [-0.1, -0.05) is 35.9 Å². The topological polar surface area (TPSA) is 64.8 Å². The van der Waals surface area contributed by atoms with E-state index in [9.17, 15) is 18.0 Å². The SMILES string of the molecule is COCCOC(=O)C1=C(C)N(c2cccc(C(F)(F)F)c2)C(N)=CC1c1ccc(C)cc1. The molecule has 0 aliphatic carbocycles. The van der Waals surface area contributed by atoms with Crippen LogP contribution in [0.4, 0.5) is 18.9 Å². The number of halogens is 3. The number of alkyl halides is 3. The molecule has 0 radical (unpaired) electrons. The van der Waals surface area contributed by atoms with E-state index in [1.807, 2.05) is 31.2 Å². The fourth-order valence-corrected chi connectivity index (χ4v) is 3.64. The van der Waals surface area contributed by atoms with Gasteiger partial charge in [0.05, 0.1) is 17.7 Å². The van der Waals surface area contributed by atoms with E-state index in [1.165, 1.54) is 24.1 Å². The lowest BCUT2D eigenvalue weighted by atomic mass is 9.86. The monoisotopic (exact) mass is 446 g/mol. The van der Waals surface area contributed by atoms with Gasteiger partial charge < -0.3 is 20.1 Å². The zero-order valence-electron chi connectivity index (χ0n) is 18.1. The van der Waals surface area contributed by atoms with Crippen molar-refractivity contribution in [1.29, 1.82) is 0 Å². The van der Waals surface area contributed by atoms with E-state index in [0.717, 1.165) is 23.3 Å². The van der Waals surface area contributed by atoms with Crippen LogP contribution in [0.1, 0.15) is 29.5 Å². The molecule has 2 aromatic rings. The molecule has 0 bridgehead atoms. The van der Waals surface area contributed by atoms with Gasteiger partial charge in [0.15, 0.2) is 0 Å². The summed E-state index contributed by atoms with van der Waals surface area (Å²) in [5, 5.41) is 0. The minimum Gasteiger partial charge on any atom is -0.460 e. The first-order valence-corrected chi connectivity index (χ1v) is 10.0. The number of aryl methyl sites for hydroxylation is 1. The van der Waals surface area contributed by atoms with Gasteiger partial charge in [0.1, 0.15) is 12.4 Å². The minimum atomic E-state index is -4.51. The summed E-state index contributed by atoms with van der Waals surface area (Å²) in [5.41, 5.74) is 8.28. The molecule has 8 heteroatoms. The normalized spacial score (nSPS) is 16.8. The Kier molecular flexibility index (Phi) is 6.93. The molecule has 0 spiro atoms. The number of hydrogen-bond acceptors (Lipinski definition) is 5. The van der Waals surface area contributed by atoms with Crippen LogP contribution in [0.3, 0.4) is 0 Å². The molecule has 32 heavy (non-hydrogen) atoms. The van der Waals surface area contributed by atoms with E-state index < -0.39 is 23.6 Å². The zero-order chi connectivity index (χ0) is 23.5. The summed E-state index contributed by atoms with van der Waals surface area (Å²) < 4.78 is 50.1. The van der Waals surface area contributed by atoms with Gasteiger partial charge in [-0.05, 0) is 43.7 Å². The lowest BCUT2D eigenvalue weighted by Gasteiger charge is -2.34. The van der Waals surface area contributed by atoms with E-state index in [-0.39, 0.29) is 24.7 Å². The van der Waals surface area contributed by atoms with E-state index in [1.54, 1.807) is 13.0 Å². The van der Waals surface area contributed by atoms with Gasteiger partial charge in [-0.2, -0.15) is 13.2 Å². The number of anilines is 1. The van der Waals surface area contributed by atoms with Gasteiger partial charge >= 0.3 is 12.1 Å². The smallest absolute Gasteiger partial charge is 0.416 e. The quantitative estimate of drug-likeness (QED) is 0.506. The number of methoxy groups -OCH3 is 1. The maximum Gasteiger partial charge on any atom is 0.416 e. The van der Waals surface area contributed by atoms with Crippen molar-refractivity contribution < 1.29 is 27.4 Å². The number of benzene rings is 2. The van der Waals surface area contributed by atoms with Gasteiger partial charge in [0, 0.05) is 24.4 Å². The van der Waals surface area contributed by atoms with Gasteiger partial charge in [-0.15, -0.1) is 0 Å². The Labute approximate surface area is 184 Å². The predicted molar refractivity (Wildman–Crippen MR) is 116 cm³/mol. The van der Waals surface area contributed by atoms with Crippen molar-refractivity contribution in [2.24, 2.45) is 5.73 Å². The van der Waals surface area contributed by atoms with Crippen LogP contribution in [0.25, 0.3) is 0 Å². The Bertz CT molecular complexity index is 1040. The van der Waals surface area contributed by atoms with E-state index >= 15 is 0 Å². The molecule has 170 valence electrons. The summed E-state index contributed by atoms with van der Waals surface area (Å²) in [4.78, 5) is 14.5. The van der Waals surface area contributed by atoms with Crippen LogP contribution in [-0.4, -0.2) is 26.3 Å². The van der Waals surface area contributed by atoms with Crippen LogP contribution in [0.2, 0.25) is 0 Å². The average molecular weight is 446 g/mol. The molecule has 1 unspecified atom stereocenters. The van der Waals surface area contributed by atoms with Gasteiger partial charge in [-0.25, -0.2) is 4.79 Å². The Morgan fingerprint density at radius 2 is 1.78 bits per heavy atom. The zero-order valence-corrected chi connectivity index (χ0v) is 18.1. The summed E-state index contributed by atoms with van der Waals surface area (Å²) in [6.07, 6.45) is -2.85. The summed E-state index contributed by atoms with van der Waals surface area (Å²) in [6.45, 7) is 3.87. The second-order valence-corrected chi connectivity index (χ2v) is 7.49. The molecule has 3 rings (SSSR count). The number of rotatable bonds is 6. The standard InChI is InChI=1S/C24H25F3N2O3/c1-15-7-9-17(10-8-15)20-14-21(28)29(16(2)22(20)23(30)32-12-11-31-3)19-6-4-5-18(13-19)24(25,26)27/h4-10,13-14,20H,11-12,28H2,1-3H3. The molecule has 5 nitrogen and oxygen atoms in total. The second kappa shape index (κ2) is 9.48. The largest absolute Gasteiger partial charge is 0.460 e. The van der Waals surface area contributed by atoms with E-state index in [2.05, 4.69) is 0 Å². The molecule has 1 aliphatic heterocycles. The van der Waals surface area contributed by atoms with Gasteiger partial charge in [0.2, 0.25) is 0 Å². The predicted octanol–water partition coefficient (Wildman–Crippen LogP) is 4.88. The molecule has 0 fully saturated rings. The van der Waals surface area contributed by atoms with Crippen LogP contribution >= 0.6 is 0 Å². The van der Waals surface area contributed by atoms with Gasteiger partial charge in [0.25, 0.3) is 0 Å². The van der Waals surface area contributed by atoms with Crippen LogP contribution in [0.15, 0.2) is 71.7 Å². The molecule has 0 amide bonds. The highest BCUT2D eigenvalue weighted by molar-refractivity contribution is 5.93. The molecule has 1 heterocycles. The minimum absolute atomic E-state index is 0.0511. The molecule has 2 aromatic carbocycles. The Balaban J connectivity index is 2.09. The van der Waals surface area contributed by atoms with Crippen LogP contribution in [-0.2, 0) is 20.4 Å². The number of carbonyl (C=O) groups excluding carboxylic acids is 1. The van der Waals surface area contributed by atoms with Crippen LogP contribution < -0.4 is 10.6 Å². The number of nitrogens with zero attached hydrogens (tertiary/aromatic N) is 1. The Morgan fingerprint density at radius 1 is 1.09 bits per heavy atom. The van der Waals surface area contributed by atoms with Crippen molar-refractivity contribution in [3.63, 3.8) is 0 Å². The Morgan fingerprint density at radius 3 is 2.41 bits per heavy atom. The summed E-state index contributed by atoms with van der Waals surface area (Å²) in [5.74, 6) is -0.862. The second-order valence-electron chi connectivity index (χ2n) is 7.49. The number of nitrogens with two attached hydrogens (primary N) is 1. The molecule has 1 atom stereocenters. The fraction of sp³-hybridized carbons (Fsp3) is 0.292. The van der Waals surface area contributed by atoms with Gasteiger partial charge in [-0.3, -0.25) is 0 Å². The summed E-state index contributed by atoms with van der Waals surface area (Å²) in [6, 6.07) is 12.4. The maximum atomic E-state index is 13.3. The van der Waals surface area contributed by atoms with E-state index in [4.69, 9.17) is 15.2 Å². The highest BCUT2D eigenvalue weighted by atomic mass is 19.4. The Hall–Kier alpha value is -3.26. The molecule has 2 N–H and O–H groups in total. The third kappa shape index (κ3) is 4.96. The van der Waals surface area contributed by atoms with Crippen LogP contribution in [0.5, 0.6) is 0 Å². The van der Waals surface area contributed by atoms with Crippen molar-refractivity contribution in [2.45, 2.75) is 25.9 Å². The van der Waals surface area contributed by atoms with Crippen molar-refractivity contribution in [2.75, 3.05) is 25.2 Å². The third-order valence-corrected chi connectivity index (χ3v) is 5.24. The molecule has 0 saturated heterocycles. The van der Waals surface area contributed by atoms with E-state index in [0.29, 0.717) is 11.3 Å². The first-order valence-electron chi connectivity index (χ1n) is 10.0. The molecular formula is C24H25F3N2O3. The summed E-state index contributed by atoms with van der Waals surface area (Å²) in [7, 11) is 1.49. The molecule has 0 aromatic heterocycles. The van der Waals surface area contributed by atoms with Crippen molar-refractivity contribution in [1.82, 2.24) is 0 Å². The number of carbonyl (C=O) groups is 1. The molecule has 1 aliphatic rings. The number of esters is 1. The molecular weight excluding hydrogens is 421 g/mol. The number of ether oxygens (including phenoxy) is 2. The molecule has 0 saturated carbocycles. The van der Waals surface area contributed by atoms with Crippen molar-refractivity contribution >= 4 is 11.7 Å². The van der Waals surface area contributed by atoms with Crippen molar-refractivity contribution in [3.8, 4) is 0 Å². The first kappa shape index (κ1) is 23.4.